The normalized spacial score (nSPS) is 18.7. The molecule has 3 N–H and O–H groups in total. The van der Waals surface area contributed by atoms with Crippen LogP contribution in [-0.4, -0.2) is 38.6 Å². The lowest BCUT2D eigenvalue weighted by Crippen LogP contribution is -2.40. The van der Waals surface area contributed by atoms with Crippen LogP contribution in [0.25, 0.3) is 0 Å². The summed E-state index contributed by atoms with van der Waals surface area (Å²) < 4.78 is 27.4. The molecule has 0 radical (unpaired) electrons. The van der Waals surface area contributed by atoms with Crippen LogP contribution in [0.2, 0.25) is 0 Å². The number of rotatable bonds is 7. The number of carbonyl (C=O) groups is 2. The van der Waals surface area contributed by atoms with Crippen LogP contribution in [0.1, 0.15) is 65.3 Å². The van der Waals surface area contributed by atoms with Gasteiger partial charge in [0.25, 0.3) is 11.8 Å². The molecule has 0 spiro atoms. The van der Waals surface area contributed by atoms with Crippen LogP contribution >= 0.6 is 0 Å². The number of hydrogen-bond donors (Lipinski definition) is 3. The number of hydrogen-bond acceptors (Lipinski definition) is 4. The van der Waals surface area contributed by atoms with Gasteiger partial charge in [-0.25, -0.2) is 13.1 Å². The first-order chi connectivity index (χ1) is 14.7. The summed E-state index contributed by atoms with van der Waals surface area (Å²) in [5.41, 5.74) is 2.50. The number of benzene rings is 2. The number of carbonyl (C=O) groups excluding carboxylic acids is 2. The Kier molecular flexibility index (Phi) is 7.12. The molecule has 0 bridgehead atoms. The van der Waals surface area contributed by atoms with Crippen molar-refractivity contribution in [3.05, 3.63) is 65.2 Å². The second-order valence-corrected chi connectivity index (χ2v) is 10.4. The van der Waals surface area contributed by atoms with Crippen molar-refractivity contribution in [1.29, 1.82) is 0 Å². The number of nitrogens with one attached hydrogen (secondary N) is 3. The molecule has 1 aliphatic rings. The Hall–Kier alpha value is -2.71. The van der Waals surface area contributed by atoms with E-state index in [9.17, 15) is 18.0 Å². The zero-order valence-electron chi connectivity index (χ0n) is 18.0. The van der Waals surface area contributed by atoms with Crippen molar-refractivity contribution in [2.24, 2.45) is 0 Å². The highest BCUT2D eigenvalue weighted by Gasteiger charge is 2.32. The fourth-order valence-electron chi connectivity index (χ4n) is 3.81. The van der Waals surface area contributed by atoms with Gasteiger partial charge in [0.05, 0.1) is 5.25 Å². The maximum absolute atomic E-state index is 12.6. The van der Waals surface area contributed by atoms with Crippen LogP contribution in [0.4, 0.5) is 5.69 Å². The first-order valence-corrected chi connectivity index (χ1v) is 12.0. The molecular formula is C23H29N3O4S. The van der Waals surface area contributed by atoms with Gasteiger partial charge in [-0.15, -0.1) is 0 Å². The molecule has 3 rings (SSSR count). The highest BCUT2D eigenvalue weighted by Crippen LogP contribution is 2.35. The summed E-state index contributed by atoms with van der Waals surface area (Å²) in [5, 5.41) is 4.92. The lowest BCUT2D eigenvalue weighted by molar-refractivity contribution is 0.0963. The van der Waals surface area contributed by atoms with E-state index < -0.39 is 15.3 Å². The molecule has 0 saturated heterocycles. The van der Waals surface area contributed by atoms with Gasteiger partial charge in [0, 0.05) is 35.8 Å². The minimum Gasteiger partial charge on any atom is -0.355 e. The molecule has 0 unspecified atom stereocenters. The fraction of sp³-hybridized carbons (Fsp3) is 0.391. The average Bonchev–Trinajstić information content (AvgIpc) is 3.21. The van der Waals surface area contributed by atoms with E-state index in [4.69, 9.17) is 0 Å². The van der Waals surface area contributed by atoms with E-state index in [-0.39, 0.29) is 23.8 Å². The van der Waals surface area contributed by atoms with Gasteiger partial charge in [0.1, 0.15) is 0 Å². The van der Waals surface area contributed by atoms with Gasteiger partial charge in [-0.1, -0.05) is 24.6 Å². The average molecular weight is 444 g/mol. The van der Waals surface area contributed by atoms with Gasteiger partial charge in [-0.3, -0.25) is 9.59 Å². The van der Waals surface area contributed by atoms with E-state index in [1.165, 1.54) is 0 Å². The van der Waals surface area contributed by atoms with E-state index in [0.29, 0.717) is 16.8 Å². The van der Waals surface area contributed by atoms with Gasteiger partial charge in [-0.05, 0) is 62.6 Å². The third-order valence-corrected chi connectivity index (χ3v) is 7.54. The maximum Gasteiger partial charge on any atom is 0.255 e. The van der Waals surface area contributed by atoms with Crippen LogP contribution in [0.15, 0.2) is 48.5 Å². The van der Waals surface area contributed by atoms with Crippen molar-refractivity contribution in [3.8, 4) is 0 Å². The molecule has 7 nitrogen and oxygen atoms in total. The largest absolute Gasteiger partial charge is 0.355 e. The maximum atomic E-state index is 12.6. The van der Waals surface area contributed by atoms with Crippen molar-refractivity contribution in [2.75, 3.05) is 12.4 Å². The van der Waals surface area contributed by atoms with Crippen molar-refractivity contribution >= 4 is 27.5 Å². The molecular weight excluding hydrogens is 414 g/mol. The third-order valence-electron chi connectivity index (χ3n) is 5.66. The SMILES string of the molecule is CNC(=O)c1cccc(C(=O)Nc2ccc([C@H]3CCC[C@H]3NS(=O)(=O)C(C)C)cc2)c1. The van der Waals surface area contributed by atoms with Crippen molar-refractivity contribution in [3.63, 3.8) is 0 Å². The Morgan fingerprint density at radius 1 is 0.968 bits per heavy atom. The Bertz CT molecular complexity index is 1050. The summed E-state index contributed by atoms with van der Waals surface area (Å²) in [6.07, 6.45) is 2.70. The Morgan fingerprint density at radius 3 is 2.23 bits per heavy atom. The molecule has 166 valence electrons. The lowest BCUT2D eigenvalue weighted by atomic mass is 9.94. The molecule has 0 aliphatic heterocycles. The summed E-state index contributed by atoms with van der Waals surface area (Å²) >= 11 is 0. The van der Waals surface area contributed by atoms with Crippen LogP contribution in [0.5, 0.6) is 0 Å². The first kappa shape index (κ1) is 23.0. The van der Waals surface area contributed by atoms with E-state index in [2.05, 4.69) is 15.4 Å². The van der Waals surface area contributed by atoms with Crippen LogP contribution in [0, 0.1) is 0 Å². The van der Waals surface area contributed by atoms with Gasteiger partial charge >= 0.3 is 0 Å². The second-order valence-electron chi connectivity index (χ2n) is 8.09. The number of anilines is 1. The standard InChI is InChI=1S/C23H29N3O4S/c1-15(2)31(29,30)26-21-9-5-8-20(21)16-10-12-19(13-11-16)25-23(28)18-7-4-6-17(14-18)22(27)24-3/h4,6-7,10-15,20-21,26H,5,8-9H2,1-3H3,(H,24,27)(H,25,28)/t20-,21-/m1/s1. The molecule has 31 heavy (non-hydrogen) atoms. The van der Waals surface area contributed by atoms with Gasteiger partial charge < -0.3 is 10.6 Å². The summed E-state index contributed by atoms with van der Waals surface area (Å²) in [4.78, 5) is 24.3. The summed E-state index contributed by atoms with van der Waals surface area (Å²) in [6.45, 7) is 3.35. The number of sulfonamides is 1. The predicted molar refractivity (Wildman–Crippen MR) is 122 cm³/mol. The quantitative estimate of drug-likeness (QED) is 0.611. The number of amides is 2. The molecule has 2 aromatic carbocycles. The molecule has 0 heterocycles. The van der Waals surface area contributed by atoms with Gasteiger partial charge in [-0.2, -0.15) is 0 Å². The molecule has 1 aliphatic carbocycles. The minimum absolute atomic E-state index is 0.111. The third kappa shape index (κ3) is 5.51. The predicted octanol–water partition coefficient (Wildman–Crippen LogP) is 3.26. The second kappa shape index (κ2) is 9.62. The topological polar surface area (TPSA) is 104 Å². The van der Waals surface area contributed by atoms with Gasteiger partial charge in [0.2, 0.25) is 10.0 Å². The molecule has 2 aromatic rings. The molecule has 0 aromatic heterocycles. The van der Waals surface area contributed by atoms with Crippen LogP contribution in [-0.2, 0) is 10.0 Å². The Morgan fingerprint density at radius 2 is 1.61 bits per heavy atom. The van der Waals surface area contributed by atoms with E-state index in [1.54, 1.807) is 45.2 Å². The zero-order valence-corrected chi connectivity index (χ0v) is 18.8. The zero-order chi connectivity index (χ0) is 22.6. The fourth-order valence-corrected chi connectivity index (χ4v) is 4.79. The van der Waals surface area contributed by atoms with E-state index in [0.717, 1.165) is 24.8 Å². The first-order valence-electron chi connectivity index (χ1n) is 10.5. The molecule has 1 fully saturated rings. The van der Waals surface area contributed by atoms with Crippen LogP contribution in [0.3, 0.4) is 0 Å². The van der Waals surface area contributed by atoms with E-state index >= 15 is 0 Å². The van der Waals surface area contributed by atoms with Gasteiger partial charge in [0.15, 0.2) is 0 Å². The summed E-state index contributed by atoms with van der Waals surface area (Å²) in [7, 11) is -1.78. The molecule has 2 atom stereocenters. The minimum atomic E-state index is -3.32. The highest BCUT2D eigenvalue weighted by atomic mass is 32.2. The Labute approximate surface area is 183 Å². The summed E-state index contributed by atoms with van der Waals surface area (Å²) in [5.74, 6) is -0.442. The van der Waals surface area contributed by atoms with Crippen molar-refractivity contribution in [2.45, 2.75) is 50.3 Å². The van der Waals surface area contributed by atoms with Crippen molar-refractivity contribution < 1.29 is 18.0 Å². The molecule has 8 heteroatoms. The van der Waals surface area contributed by atoms with Crippen molar-refractivity contribution in [1.82, 2.24) is 10.0 Å². The lowest BCUT2D eigenvalue weighted by Gasteiger charge is -2.23. The Balaban J connectivity index is 1.69. The summed E-state index contributed by atoms with van der Waals surface area (Å²) in [6, 6.07) is 13.9. The highest BCUT2D eigenvalue weighted by molar-refractivity contribution is 7.90. The van der Waals surface area contributed by atoms with E-state index in [1.807, 2.05) is 24.3 Å². The molecule has 1 saturated carbocycles. The van der Waals surface area contributed by atoms with Crippen LogP contribution < -0.4 is 15.4 Å². The smallest absolute Gasteiger partial charge is 0.255 e. The monoisotopic (exact) mass is 443 g/mol. The molecule has 2 amide bonds.